The molecule has 0 aliphatic rings. The van der Waals surface area contributed by atoms with E-state index in [0.717, 1.165) is 59.3 Å². The smallest absolute Gasteiger partial charge is 0.150 e. The minimum Gasteiger partial charge on any atom is -0.504 e. The Kier molecular flexibility index (Phi) is 7.68. The summed E-state index contributed by atoms with van der Waals surface area (Å²) in [4.78, 5) is 20.8. The molecule has 0 unspecified atom stereocenters. The van der Waals surface area contributed by atoms with Crippen molar-refractivity contribution in [3.8, 4) is 11.3 Å². The zero-order valence-corrected chi connectivity index (χ0v) is 16.2. The molecule has 0 amide bonds. The maximum atomic E-state index is 11.3. The van der Waals surface area contributed by atoms with Gasteiger partial charge in [0.25, 0.3) is 0 Å². The van der Waals surface area contributed by atoms with Crippen LogP contribution < -0.4 is 0 Å². The van der Waals surface area contributed by atoms with Crippen LogP contribution >= 0.6 is 0 Å². The molecule has 4 heteroatoms. The number of nitrogens with zero attached hydrogens (tertiary/aromatic N) is 2. The molecule has 0 saturated carbocycles. The quantitative estimate of drug-likeness (QED) is 0.349. The third kappa shape index (κ3) is 5.00. The molecule has 0 spiro atoms. The lowest BCUT2D eigenvalue weighted by Crippen LogP contribution is -2.02. The predicted molar refractivity (Wildman–Crippen MR) is 111 cm³/mol. The minimum absolute atomic E-state index is 0.711. The number of allylic oxidation sites excluding steroid dienone is 4. The minimum atomic E-state index is 0.711. The number of carbonyl (C=O) groups excluding carboxylic acids is 1. The van der Waals surface area contributed by atoms with Crippen LogP contribution in [0.1, 0.15) is 47.6 Å². The second-order valence-corrected chi connectivity index (χ2v) is 6.08. The highest BCUT2D eigenvalue weighted by atomic mass is 16.5. The van der Waals surface area contributed by atoms with Crippen molar-refractivity contribution < 1.29 is 9.53 Å². The summed E-state index contributed by atoms with van der Waals surface area (Å²) in [5.41, 5.74) is 6.01. The van der Waals surface area contributed by atoms with Crippen LogP contribution in [0.25, 0.3) is 16.8 Å². The second-order valence-electron chi connectivity index (χ2n) is 6.08. The number of aromatic nitrogens is 2. The molecule has 140 valence electrons. The average Bonchev–Trinajstić information content (AvgIpc) is 2.71. The second kappa shape index (κ2) is 10.2. The Morgan fingerprint density at radius 1 is 1.30 bits per heavy atom. The number of hydrogen-bond acceptors (Lipinski definition) is 4. The molecule has 2 rings (SSSR count). The van der Waals surface area contributed by atoms with Gasteiger partial charge >= 0.3 is 0 Å². The number of hydrogen-bond donors (Lipinski definition) is 0. The van der Waals surface area contributed by atoms with Crippen molar-refractivity contribution in [2.45, 2.75) is 33.1 Å². The highest BCUT2D eigenvalue weighted by Crippen LogP contribution is 2.28. The highest BCUT2D eigenvalue weighted by molar-refractivity contribution is 5.84. The Morgan fingerprint density at radius 2 is 2.11 bits per heavy atom. The first-order chi connectivity index (χ1) is 13.2. The summed E-state index contributed by atoms with van der Waals surface area (Å²) in [6.45, 7) is 8.07. The van der Waals surface area contributed by atoms with Crippen LogP contribution in [-0.4, -0.2) is 23.4 Å². The zero-order chi connectivity index (χ0) is 19.6. The molecule has 1 aromatic carbocycles. The number of aldehydes is 1. The molecule has 0 aliphatic carbocycles. The van der Waals surface area contributed by atoms with Gasteiger partial charge in [0.1, 0.15) is 6.29 Å². The Morgan fingerprint density at radius 3 is 2.74 bits per heavy atom. The molecule has 0 bridgehead atoms. The van der Waals surface area contributed by atoms with E-state index in [1.165, 1.54) is 0 Å². The van der Waals surface area contributed by atoms with Crippen molar-refractivity contribution in [1.29, 1.82) is 0 Å². The summed E-state index contributed by atoms with van der Waals surface area (Å²) in [6, 6.07) is 5.80. The molecular formula is C23H26N2O2. The van der Waals surface area contributed by atoms with Crippen LogP contribution in [0.3, 0.4) is 0 Å². The van der Waals surface area contributed by atoms with Crippen LogP contribution in [-0.2, 0) is 17.6 Å². The molecule has 2 aromatic rings. The maximum absolute atomic E-state index is 11.3. The molecule has 0 aliphatic heterocycles. The Labute approximate surface area is 161 Å². The first-order valence-corrected chi connectivity index (χ1v) is 9.15. The molecule has 1 heterocycles. The van der Waals surface area contributed by atoms with Gasteiger partial charge in [-0.3, -0.25) is 9.78 Å². The van der Waals surface area contributed by atoms with E-state index in [9.17, 15) is 4.79 Å². The fraction of sp³-hybridized carbons (Fsp3) is 0.261. The first-order valence-electron chi connectivity index (χ1n) is 9.15. The van der Waals surface area contributed by atoms with E-state index >= 15 is 0 Å². The lowest BCUT2D eigenvalue weighted by Gasteiger charge is -2.12. The summed E-state index contributed by atoms with van der Waals surface area (Å²) in [5, 5.41) is 0. The third-order valence-corrected chi connectivity index (χ3v) is 4.24. The number of ether oxygens (including phenoxy) is 1. The lowest BCUT2D eigenvalue weighted by molar-refractivity contribution is 0.112. The van der Waals surface area contributed by atoms with E-state index in [-0.39, 0.29) is 0 Å². The van der Waals surface area contributed by atoms with Gasteiger partial charge in [-0.05, 0) is 36.6 Å². The molecule has 1 aromatic heterocycles. The number of benzene rings is 1. The van der Waals surface area contributed by atoms with Gasteiger partial charge in [0, 0.05) is 22.9 Å². The molecule has 27 heavy (non-hydrogen) atoms. The van der Waals surface area contributed by atoms with Crippen molar-refractivity contribution in [3.05, 3.63) is 78.0 Å². The molecule has 4 nitrogen and oxygen atoms in total. The fourth-order valence-electron chi connectivity index (χ4n) is 2.85. The maximum Gasteiger partial charge on any atom is 0.150 e. The first kappa shape index (κ1) is 20.3. The average molecular weight is 362 g/mol. The van der Waals surface area contributed by atoms with Crippen molar-refractivity contribution in [1.82, 2.24) is 9.97 Å². The van der Waals surface area contributed by atoms with Crippen LogP contribution in [0.5, 0.6) is 0 Å². The van der Waals surface area contributed by atoms with Gasteiger partial charge in [-0.2, -0.15) is 0 Å². The number of rotatable bonds is 9. The van der Waals surface area contributed by atoms with Crippen molar-refractivity contribution in [2.75, 3.05) is 7.11 Å². The Hall–Kier alpha value is -3.01. The summed E-state index contributed by atoms with van der Waals surface area (Å²) < 4.78 is 4.97. The van der Waals surface area contributed by atoms with Crippen molar-refractivity contribution in [3.63, 3.8) is 0 Å². The van der Waals surface area contributed by atoms with Gasteiger partial charge in [0.05, 0.1) is 30.5 Å². The fourth-order valence-corrected chi connectivity index (χ4v) is 2.85. The standard InChI is InChI=1S/C23H26N2O2/c1-5-9-21-15-24-22(17(6-2)10-8-13-27-4)23(25-21)19-11-12-20(16-26)18(7-3)14-19/h6,8,10-16H,2,5,7,9H2,1,3-4H3/b13-8+,17-10+. The van der Waals surface area contributed by atoms with Gasteiger partial charge in [-0.25, -0.2) is 4.98 Å². The van der Waals surface area contributed by atoms with Gasteiger partial charge in [0.2, 0.25) is 0 Å². The van der Waals surface area contributed by atoms with Crippen molar-refractivity contribution in [2.24, 2.45) is 0 Å². The molecule has 0 radical (unpaired) electrons. The lowest BCUT2D eigenvalue weighted by atomic mass is 9.98. The van der Waals surface area contributed by atoms with E-state index in [2.05, 4.69) is 18.5 Å². The predicted octanol–water partition coefficient (Wildman–Crippen LogP) is 5.20. The topological polar surface area (TPSA) is 52.1 Å². The van der Waals surface area contributed by atoms with E-state index in [4.69, 9.17) is 9.72 Å². The molecule has 0 N–H and O–H groups in total. The Bertz CT molecular complexity index is 867. The Balaban J connectivity index is 2.66. The monoisotopic (exact) mass is 362 g/mol. The molecule has 0 atom stereocenters. The van der Waals surface area contributed by atoms with Crippen LogP contribution in [0.4, 0.5) is 0 Å². The van der Waals surface area contributed by atoms with Crippen LogP contribution in [0.15, 0.2) is 55.5 Å². The summed E-state index contributed by atoms with van der Waals surface area (Å²) >= 11 is 0. The van der Waals surface area contributed by atoms with Crippen LogP contribution in [0, 0.1) is 0 Å². The zero-order valence-electron chi connectivity index (χ0n) is 16.2. The number of methoxy groups -OCH3 is 1. The van der Waals surface area contributed by atoms with E-state index in [1.54, 1.807) is 25.5 Å². The summed E-state index contributed by atoms with van der Waals surface area (Å²) in [7, 11) is 1.60. The third-order valence-electron chi connectivity index (χ3n) is 4.24. The van der Waals surface area contributed by atoms with Crippen LogP contribution in [0.2, 0.25) is 0 Å². The highest BCUT2D eigenvalue weighted by Gasteiger charge is 2.14. The SMILES string of the molecule is C=C/C(=C\C=C\OC)c1ncc(CCC)nc1-c1ccc(C=O)c(CC)c1. The van der Waals surface area contributed by atoms with Gasteiger partial charge in [-0.1, -0.05) is 45.1 Å². The molecular weight excluding hydrogens is 336 g/mol. The number of aryl methyl sites for hydroxylation is 2. The van der Waals surface area contributed by atoms with Gasteiger partial charge in [-0.15, -0.1) is 0 Å². The van der Waals surface area contributed by atoms with Gasteiger partial charge in [0.15, 0.2) is 0 Å². The molecule has 0 saturated heterocycles. The van der Waals surface area contributed by atoms with E-state index in [1.807, 2.05) is 37.4 Å². The van der Waals surface area contributed by atoms with Gasteiger partial charge < -0.3 is 4.74 Å². The van der Waals surface area contributed by atoms with E-state index < -0.39 is 0 Å². The normalized spacial score (nSPS) is 11.6. The van der Waals surface area contributed by atoms with E-state index in [0.29, 0.717) is 5.56 Å². The van der Waals surface area contributed by atoms with Crippen molar-refractivity contribution >= 4 is 11.9 Å². The largest absolute Gasteiger partial charge is 0.504 e. The molecule has 0 fully saturated rings. The number of carbonyl (C=O) groups is 1. The summed E-state index contributed by atoms with van der Waals surface area (Å²) in [5.74, 6) is 0. The summed E-state index contributed by atoms with van der Waals surface area (Å²) in [6.07, 6.45) is 12.4.